The largest absolute Gasteiger partial charge is 0.431 e. The molecule has 0 aliphatic carbocycles. The minimum atomic E-state index is -4.45. The van der Waals surface area contributed by atoms with Crippen LogP contribution in [0, 0.1) is 0 Å². The van der Waals surface area contributed by atoms with Crippen molar-refractivity contribution in [2.75, 3.05) is 78.5 Å². The van der Waals surface area contributed by atoms with Crippen molar-refractivity contribution in [2.24, 2.45) is 17.2 Å². The van der Waals surface area contributed by atoms with E-state index in [-0.39, 0.29) is 0 Å². The first kappa shape index (κ1) is 25.2. The molecule has 2 aliphatic heterocycles. The Labute approximate surface area is 155 Å². The van der Waals surface area contributed by atoms with E-state index in [1.54, 1.807) is 0 Å². The number of carbonyl (C=O) groups is 1. The molecule has 0 spiro atoms. The number of nitrogens with zero attached hydrogens (tertiary/aromatic N) is 2. The van der Waals surface area contributed by atoms with Gasteiger partial charge in [0.05, 0.1) is 0 Å². The van der Waals surface area contributed by atoms with Crippen molar-refractivity contribution in [1.82, 2.24) is 25.5 Å². The van der Waals surface area contributed by atoms with Crippen LogP contribution in [0.3, 0.4) is 0 Å². The number of piperazine rings is 2. The average molecular weight is 398 g/mol. The predicted molar refractivity (Wildman–Crippen MR) is 101 cm³/mol. The Morgan fingerprint density at radius 3 is 1.46 bits per heavy atom. The summed E-state index contributed by atoms with van der Waals surface area (Å²) < 4.78 is 9.72. The molecule has 11 N–H and O–H groups in total. The van der Waals surface area contributed by atoms with Crippen LogP contribution in [0.25, 0.3) is 0 Å². The number of nitrogens with one attached hydrogen (secondary N) is 3. The molecule has 2 aliphatic rings. The van der Waals surface area contributed by atoms with Gasteiger partial charge in [-0.05, 0) is 0 Å². The zero-order valence-corrected chi connectivity index (χ0v) is 16.2. The number of primary amides is 1. The normalized spacial score (nSPS) is 18.8. The van der Waals surface area contributed by atoms with E-state index in [9.17, 15) is 9.36 Å². The van der Waals surface area contributed by atoms with Crippen LogP contribution in [0.1, 0.15) is 0 Å². The number of hydrogen-bond acceptors (Lipinski definition) is 8. The number of carbonyl (C=O) groups excluding carboxylic acids is 1. The van der Waals surface area contributed by atoms with Crippen LogP contribution in [-0.4, -0.2) is 104 Å². The monoisotopic (exact) mass is 398 g/mol. The average Bonchev–Trinajstić information content (AvgIpc) is 2.56. The second kappa shape index (κ2) is 15.3. The Hall–Kier alpha value is -0.820. The van der Waals surface area contributed by atoms with E-state index < -0.39 is 13.8 Å². The first-order valence-electron chi connectivity index (χ1n) is 8.68. The highest BCUT2D eigenvalue weighted by molar-refractivity contribution is 7.50. The molecule has 0 aromatic heterocycles. The van der Waals surface area contributed by atoms with Gasteiger partial charge in [-0.2, -0.15) is 0 Å². The summed E-state index contributed by atoms with van der Waals surface area (Å²) in [6.07, 6.45) is 0. The fraction of sp³-hybridized carbons (Fsp3) is 0.923. The fourth-order valence-corrected chi connectivity index (χ4v) is 2.67. The standard InChI is InChI=1S/2C6H15N3.CH5N2O4P/c2*7-1-4-9-5-2-8-3-6-9;2-1(4)3-8(5,6)7/h2*8H,1-7H2;(H5,2,3,4,5,6,7). The van der Waals surface area contributed by atoms with Crippen molar-refractivity contribution >= 4 is 13.8 Å². The van der Waals surface area contributed by atoms with Crippen molar-refractivity contribution in [3.05, 3.63) is 0 Å². The van der Waals surface area contributed by atoms with Crippen LogP contribution in [-0.2, 0) is 4.57 Å². The van der Waals surface area contributed by atoms with Gasteiger partial charge in [-0.3, -0.25) is 9.80 Å². The van der Waals surface area contributed by atoms with E-state index in [0.717, 1.165) is 78.5 Å². The molecule has 0 bridgehead atoms. The summed E-state index contributed by atoms with van der Waals surface area (Å²) in [5.41, 5.74) is 15.1. The molecule has 0 aromatic carbocycles. The number of nitrogens with two attached hydrogens (primary N) is 3. The van der Waals surface area contributed by atoms with E-state index in [2.05, 4.69) is 26.2 Å². The lowest BCUT2D eigenvalue weighted by molar-refractivity contribution is 0.247. The van der Waals surface area contributed by atoms with Crippen LogP contribution in [0.5, 0.6) is 0 Å². The van der Waals surface area contributed by atoms with E-state index in [1.165, 1.54) is 5.09 Å². The van der Waals surface area contributed by atoms with Crippen molar-refractivity contribution in [1.29, 1.82) is 0 Å². The highest BCUT2D eigenvalue weighted by Crippen LogP contribution is 2.26. The molecule has 0 atom stereocenters. The molecular weight excluding hydrogens is 363 g/mol. The summed E-state index contributed by atoms with van der Waals surface area (Å²) in [7, 11) is -4.45. The molecular formula is C13H35N8O4P. The predicted octanol–water partition coefficient (Wildman–Crippen LogP) is -3.55. The minimum absolute atomic E-state index is 0.792. The Bertz CT molecular complexity index is 374. The van der Waals surface area contributed by atoms with Crippen molar-refractivity contribution in [3.63, 3.8) is 0 Å². The van der Waals surface area contributed by atoms with Crippen LogP contribution in [0.2, 0.25) is 0 Å². The smallest absolute Gasteiger partial charge is 0.351 e. The summed E-state index contributed by atoms with van der Waals surface area (Å²) in [4.78, 5) is 30.2. The molecule has 12 nitrogen and oxygen atoms in total. The third kappa shape index (κ3) is 16.6. The molecule has 0 aromatic rings. The topological polar surface area (TPSA) is 195 Å². The Morgan fingerprint density at radius 2 is 1.27 bits per heavy atom. The van der Waals surface area contributed by atoms with Crippen LogP contribution in [0.15, 0.2) is 0 Å². The first-order valence-corrected chi connectivity index (χ1v) is 10.3. The highest BCUT2D eigenvalue weighted by atomic mass is 31.2. The zero-order valence-electron chi connectivity index (χ0n) is 15.3. The van der Waals surface area contributed by atoms with Gasteiger partial charge in [0, 0.05) is 78.5 Å². The Balaban J connectivity index is 0.000000362. The van der Waals surface area contributed by atoms with Crippen LogP contribution >= 0.6 is 7.75 Å². The van der Waals surface area contributed by atoms with Gasteiger partial charge in [0.1, 0.15) is 0 Å². The second-order valence-electron chi connectivity index (χ2n) is 5.78. The Morgan fingerprint density at radius 1 is 0.923 bits per heavy atom. The number of urea groups is 1. The van der Waals surface area contributed by atoms with Crippen molar-refractivity contribution < 1.29 is 19.1 Å². The highest BCUT2D eigenvalue weighted by Gasteiger charge is 2.13. The fourth-order valence-electron chi connectivity index (χ4n) is 2.38. The van der Waals surface area contributed by atoms with Gasteiger partial charge in [0.2, 0.25) is 0 Å². The van der Waals surface area contributed by atoms with Gasteiger partial charge in [0.25, 0.3) is 0 Å². The molecule has 26 heavy (non-hydrogen) atoms. The van der Waals surface area contributed by atoms with Gasteiger partial charge < -0.3 is 37.6 Å². The third-order valence-corrected chi connectivity index (χ3v) is 4.08. The van der Waals surface area contributed by atoms with Crippen LogP contribution < -0.4 is 32.9 Å². The summed E-state index contributed by atoms with van der Waals surface area (Å²) in [6.45, 7) is 12.9. The van der Waals surface area contributed by atoms with E-state index >= 15 is 0 Å². The number of rotatable bonds is 5. The maximum absolute atomic E-state index is 9.72. The minimum Gasteiger partial charge on any atom is -0.351 e. The van der Waals surface area contributed by atoms with Gasteiger partial charge in [0.15, 0.2) is 0 Å². The van der Waals surface area contributed by atoms with Gasteiger partial charge in [-0.1, -0.05) is 0 Å². The quantitative estimate of drug-likeness (QED) is 0.215. The molecule has 0 radical (unpaired) electrons. The molecule has 2 rings (SSSR count). The van der Waals surface area contributed by atoms with E-state index in [1.807, 2.05) is 0 Å². The maximum atomic E-state index is 9.72. The summed E-state index contributed by atoms with van der Waals surface area (Å²) in [5.74, 6) is 0. The molecule has 2 amide bonds. The van der Waals surface area contributed by atoms with Gasteiger partial charge in [-0.25, -0.2) is 14.4 Å². The third-order valence-electron chi connectivity index (χ3n) is 3.57. The van der Waals surface area contributed by atoms with Gasteiger partial charge in [-0.15, -0.1) is 0 Å². The number of hydrogen-bond donors (Lipinski definition) is 8. The lowest BCUT2D eigenvalue weighted by Gasteiger charge is -2.26. The first-order chi connectivity index (χ1) is 12.3. The number of amides is 2. The molecule has 0 saturated carbocycles. The van der Waals surface area contributed by atoms with Crippen LogP contribution in [0.4, 0.5) is 4.79 Å². The zero-order chi connectivity index (χ0) is 19.8. The van der Waals surface area contributed by atoms with Crippen molar-refractivity contribution in [2.45, 2.75) is 0 Å². The lowest BCUT2D eigenvalue weighted by atomic mass is 10.3. The summed E-state index contributed by atoms with van der Waals surface area (Å²) >= 11 is 0. The molecule has 13 heteroatoms. The van der Waals surface area contributed by atoms with Gasteiger partial charge >= 0.3 is 13.8 Å². The molecule has 2 heterocycles. The molecule has 0 unspecified atom stereocenters. The maximum Gasteiger partial charge on any atom is 0.431 e. The molecule has 2 saturated heterocycles. The summed E-state index contributed by atoms with van der Waals surface area (Å²) in [5, 5.41) is 7.77. The second-order valence-corrected chi connectivity index (χ2v) is 7.09. The lowest BCUT2D eigenvalue weighted by Crippen LogP contribution is -2.45. The van der Waals surface area contributed by atoms with E-state index in [0.29, 0.717) is 0 Å². The molecule has 156 valence electrons. The van der Waals surface area contributed by atoms with E-state index in [4.69, 9.17) is 21.3 Å². The Kier molecular flexibility index (Phi) is 14.8. The molecule has 2 fully saturated rings. The van der Waals surface area contributed by atoms with Crippen molar-refractivity contribution in [3.8, 4) is 0 Å². The SMILES string of the molecule is NC(=O)NP(=O)(O)O.NCCN1CCNCC1.NCCN1CCNCC1. The summed E-state index contributed by atoms with van der Waals surface area (Å²) in [6, 6.07) is -1.24.